The van der Waals surface area contributed by atoms with Crippen LogP contribution in [0.3, 0.4) is 0 Å². The monoisotopic (exact) mass is 313 g/mol. The van der Waals surface area contributed by atoms with E-state index >= 15 is 0 Å². The summed E-state index contributed by atoms with van der Waals surface area (Å²) >= 11 is 0. The van der Waals surface area contributed by atoms with E-state index in [1.807, 2.05) is 0 Å². The molecule has 0 bridgehead atoms. The molecule has 0 radical (unpaired) electrons. The maximum atomic E-state index is 12.7. The quantitative estimate of drug-likeness (QED) is 0.766. The highest BCUT2D eigenvalue weighted by Crippen LogP contribution is 2.35. The minimum Gasteiger partial charge on any atom is -0.326 e. The van der Waals surface area contributed by atoms with Crippen molar-refractivity contribution in [2.75, 3.05) is 0 Å². The summed E-state index contributed by atoms with van der Waals surface area (Å²) in [5, 5.41) is 2.17. The second-order valence-corrected chi connectivity index (χ2v) is 4.75. The zero-order valence-corrected chi connectivity index (χ0v) is 11.2. The summed E-state index contributed by atoms with van der Waals surface area (Å²) < 4.78 is 74.6. The Morgan fingerprint density at radius 1 is 1.29 bits per heavy atom. The summed E-state index contributed by atoms with van der Waals surface area (Å²) in [6.45, 7) is 3.07. The lowest BCUT2D eigenvalue weighted by Crippen LogP contribution is -2.27. The molecule has 0 aromatic heterocycles. The Kier molecular flexibility index (Phi) is 4.91. The number of halogens is 6. The molecule has 8 heteroatoms. The van der Waals surface area contributed by atoms with Gasteiger partial charge in [0.2, 0.25) is 5.91 Å². The van der Waals surface area contributed by atoms with Crippen molar-refractivity contribution in [2.45, 2.75) is 32.6 Å². The molecule has 0 spiro atoms. The van der Waals surface area contributed by atoms with E-state index < -0.39 is 36.2 Å². The lowest BCUT2D eigenvalue weighted by Gasteiger charge is -2.15. The fraction of sp³-hybridized carbons (Fsp3) is 0.462. The van der Waals surface area contributed by atoms with Gasteiger partial charge in [-0.05, 0) is 19.1 Å². The van der Waals surface area contributed by atoms with Crippen molar-refractivity contribution in [3.05, 3.63) is 35.1 Å². The fourth-order valence-corrected chi connectivity index (χ4v) is 1.77. The van der Waals surface area contributed by atoms with Crippen molar-refractivity contribution in [1.82, 2.24) is 5.32 Å². The average Bonchev–Trinajstić information content (AvgIpc) is 2.34. The van der Waals surface area contributed by atoms with Crippen LogP contribution in [0.5, 0.6) is 0 Å². The number of amides is 1. The SMILES string of the molecule is CC1=CC(C)C(=O)NC(/C=C(/CC(F)(F)F)C(F)(F)F)=C1. The molecule has 0 aromatic rings. The zero-order chi connectivity index (χ0) is 16.4. The first-order valence-electron chi connectivity index (χ1n) is 5.94. The smallest absolute Gasteiger partial charge is 0.326 e. The van der Waals surface area contributed by atoms with Crippen LogP contribution in [0.15, 0.2) is 35.1 Å². The van der Waals surface area contributed by atoms with Crippen molar-refractivity contribution in [3.8, 4) is 0 Å². The summed E-state index contributed by atoms with van der Waals surface area (Å²) in [4.78, 5) is 11.6. The van der Waals surface area contributed by atoms with Crippen molar-refractivity contribution in [3.63, 3.8) is 0 Å². The van der Waals surface area contributed by atoms with Crippen LogP contribution < -0.4 is 5.32 Å². The first kappa shape index (κ1) is 17.3. The van der Waals surface area contributed by atoms with E-state index in [9.17, 15) is 31.1 Å². The number of hydrogen-bond donors (Lipinski definition) is 1. The van der Waals surface area contributed by atoms with Crippen LogP contribution in [0.25, 0.3) is 0 Å². The predicted molar refractivity (Wildman–Crippen MR) is 64.0 cm³/mol. The van der Waals surface area contributed by atoms with Gasteiger partial charge in [-0.15, -0.1) is 0 Å². The highest BCUT2D eigenvalue weighted by molar-refractivity contribution is 5.83. The highest BCUT2D eigenvalue weighted by Gasteiger charge is 2.41. The van der Waals surface area contributed by atoms with E-state index in [0.717, 1.165) is 0 Å². The van der Waals surface area contributed by atoms with Gasteiger partial charge in [0.15, 0.2) is 0 Å². The molecule has 1 amide bonds. The lowest BCUT2D eigenvalue weighted by atomic mass is 10.1. The molecule has 0 aromatic carbocycles. The maximum Gasteiger partial charge on any atom is 0.413 e. The molecule has 1 unspecified atom stereocenters. The molecular formula is C13H13F6NO. The predicted octanol–water partition coefficient (Wildman–Crippen LogP) is 4.02. The zero-order valence-electron chi connectivity index (χ0n) is 11.2. The Balaban J connectivity index is 3.16. The molecule has 0 saturated carbocycles. The average molecular weight is 313 g/mol. The number of hydrogen-bond acceptors (Lipinski definition) is 1. The molecule has 1 rings (SSSR count). The van der Waals surface area contributed by atoms with Crippen LogP contribution >= 0.6 is 0 Å². The standard InChI is InChI=1S/C13H13F6NO/c1-7-3-8(2)11(21)20-10(4-7)5-9(13(17,18)19)6-12(14,15)16/h3-5,8H,6H2,1-2H3,(H,20,21)/b9-5-. The van der Waals surface area contributed by atoms with Gasteiger partial charge in [-0.3, -0.25) is 4.79 Å². The van der Waals surface area contributed by atoms with Gasteiger partial charge in [-0.2, -0.15) is 26.3 Å². The second kappa shape index (κ2) is 5.95. The van der Waals surface area contributed by atoms with Gasteiger partial charge >= 0.3 is 12.4 Å². The Hall–Kier alpha value is -1.73. The molecule has 1 heterocycles. The van der Waals surface area contributed by atoms with Crippen LogP contribution in [0.1, 0.15) is 20.3 Å². The number of carbonyl (C=O) groups excluding carboxylic acids is 1. The summed E-state index contributed by atoms with van der Waals surface area (Å²) in [6, 6.07) is 0. The second-order valence-electron chi connectivity index (χ2n) is 4.75. The Morgan fingerprint density at radius 3 is 2.33 bits per heavy atom. The molecule has 0 fully saturated rings. The Morgan fingerprint density at radius 2 is 1.86 bits per heavy atom. The fourth-order valence-electron chi connectivity index (χ4n) is 1.77. The maximum absolute atomic E-state index is 12.7. The third-order valence-electron chi connectivity index (χ3n) is 2.66. The van der Waals surface area contributed by atoms with Gasteiger partial charge in [0.1, 0.15) is 0 Å². The number of nitrogens with one attached hydrogen (secondary N) is 1. The number of rotatable bonds is 2. The summed E-state index contributed by atoms with van der Waals surface area (Å²) in [5.41, 5.74) is -1.58. The van der Waals surface area contributed by atoms with Crippen LogP contribution in [0.4, 0.5) is 26.3 Å². The first-order chi connectivity index (χ1) is 9.38. The highest BCUT2D eigenvalue weighted by atomic mass is 19.4. The minimum absolute atomic E-state index is 0.310. The van der Waals surface area contributed by atoms with Crippen LogP contribution in [-0.4, -0.2) is 18.3 Å². The van der Waals surface area contributed by atoms with Gasteiger partial charge in [0.05, 0.1) is 12.3 Å². The van der Waals surface area contributed by atoms with E-state index in [2.05, 4.69) is 5.32 Å². The Bertz CT molecular complexity index is 510. The van der Waals surface area contributed by atoms with Crippen LogP contribution in [0.2, 0.25) is 0 Å². The third-order valence-corrected chi connectivity index (χ3v) is 2.66. The van der Waals surface area contributed by atoms with E-state index in [1.165, 1.54) is 19.1 Å². The molecule has 1 aliphatic heterocycles. The van der Waals surface area contributed by atoms with Crippen molar-refractivity contribution >= 4 is 5.91 Å². The van der Waals surface area contributed by atoms with Crippen LogP contribution in [-0.2, 0) is 4.79 Å². The van der Waals surface area contributed by atoms with E-state index in [4.69, 9.17) is 0 Å². The number of allylic oxidation sites excluding steroid dienone is 4. The lowest BCUT2D eigenvalue weighted by molar-refractivity contribution is -0.151. The number of alkyl halides is 6. The van der Waals surface area contributed by atoms with Gasteiger partial charge < -0.3 is 5.32 Å². The normalized spacial score (nSPS) is 21.4. The van der Waals surface area contributed by atoms with E-state index in [-0.39, 0.29) is 5.70 Å². The van der Waals surface area contributed by atoms with Crippen molar-refractivity contribution in [2.24, 2.45) is 5.92 Å². The molecule has 118 valence electrons. The molecule has 1 aliphatic rings. The van der Waals surface area contributed by atoms with Gasteiger partial charge in [-0.25, -0.2) is 0 Å². The molecule has 1 N–H and O–H groups in total. The minimum atomic E-state index is -5.13. The largest absolute Gasteiger partial charge is 0.413 e. The third kappa shape index (κ3) is 5.65. The van der Waals surface area contributed by atoms with Crippen molar-refractivity contribution < 1.29 is 31.1 Å². The van der Waals surface area contributed by atoms with E-state index in [1.54, 1.807) is 6.92 Å². The molecule has 21 heavy (non-hydrogen) atoms. The first-order valence-corrected chi connectivity index (χ1v) is 5.94. The summed E-state index contributed by atoms with van der Waals surface area (Å²) in [6.07, 6.45) is -9.20. The summed E-state index contributed by atoms with van der Waals surface area (Å²) in [7, 11) is 0. The molecule has 2 nitrogen and oxygen atoms in total. The van der Waals surface area contributed by atoms with Crippen molar-refractivity contribution in [1.29, 1.82) is 0 Å². The van der Waals surface area contributed by atoms with Gasteiger partial charge in [-0.1, -0.05) is 18.6 Å². The molecule has 0 saturated heterocycles. The molecule has 1 atom stereocenters. The molecule has 0 aliphatic carbocycles. The van der Waals surface area contributed by atoms with Gasteiger partial charge in [0, 0.05) is 11.3 Å². The summed E-state index contributed by atoms with van der Waals surface area (Å²) in [5.74, 6) is -1.16. The number of carbonyl (C=O) groups is 1. The van der Waals surface area contributed by atoms with E-state index in [0.29, 0.717) is 11.6 Å². The molecular weight excluding hydrogens is 300 g/mol. The van der Waals surface area contributed by atoms with Crippen LogP contribution in [0, 0.1) is 5.92 Å². The Labute approximate surface area is 117 Å². The topological polar surface area (TPSA) is 29.1 Å². The van der Waals surface area contributed by atoms with Gasteiger partial charge in [0.25, 0.3) is 0 Å².